The van der Waals surface area contributed by atoms with Crippen LogP contribution >= 0.6 is 22.9 Å². The van der Waals surface area contributed by atoms with Gasteiger partial charge in [0.1, 0.15) is 5.76 Å². The lowest BCUT2D eigenvalue weighted by Crippen LogP contribution is -2.47. The Kier molecular flexibility index (Phi) is 4.32. The number of rotatable bonds is 4. The molecule has 114 valence electrons. The van der Waals surface area contributed by atoms with Crippen LogP contribution in [0.5, 0.6) is 0 Å². The molecule has 0 unspecified atom stereocenters. The van der Waals surface area contributed by atoms with Crippen molar-refractivity contribution in [1.29, 1.82) is 0 Å². The van der Waals surface area contributed by atoms with E-state index in [1.54, 1.807) is 6.26 Å². The van der Waals surface area contributed by atoms with E-state index in [9.17, 15) is 8.42 Å². The van der Waals surface area contributed by atoms with Crippen LogP contribution in [-0.4, -0.2) is 48.8 Å². The number of halogens is 1. The van der Waals surface area contributed by atoms with E-state index in [4.69, 9.17) is 16.0 Å². The number of sulfonamides is 1. The summed E-state index contributed by atoms with van der Waals surface area (Å²) in [6.45, 7) is 2.96. The third kappa shape index (κ3) is 3.29. The predicted molar refractivity (Wildman–Crippen MR) is 79.9 cm³/mol. The van der Waals surface area contributed by atoms with E-state index in [1.807, 2.05) is 12.1 Å². The van der Waals surface area contributed by atoms with Crippen molar-refractivity contribution in [1.82, 2.24) is 14.2 Å². The van der Waals surface area contributed by atoms with Gasteiger partial charge in [0, 0.05) is 26.2 Å². The molecule has 0 amide bonds. The summed E-state index contributed by atoms with van der Waals surface area (Å²) in [6.07, 6.45) is 2.96. The third-order valence-electron chi connectivity index (χ3n) is 3.34. The van der Waals surface area contributed by atoms with E-state index < -0.39 is 10.0 Å². The minimum Gasteiger partial charge on any atom is -0.468 e. The van der Waals surface area contributed by atoms with Gasteiger partial charge in [-0.1, -0.05) is 22.9 Å². The van der Waals surface area contributed by atoms with Gasteiger partial charge in [0.15, 0.2) is 8.68 Å². The van der Waals surface area contributed by atoms with Crippen LogP contribution in [0.1, 0.15) is 5.76 Å². The molecule has 21 heavy (non-hydrogen) atoms. The van der Waals surface area contributed by atoms with Gasteiger partial charge in [-0.15, -0.1) is 0 Å². The highest BCUT2D eigenvalue weighted by Gasteiger charge is 2.30. The summed E-state index contributed by atoms with van der Waals surface area (Å²) in [6, 6.07) is 3.77. The van der Waals surface area contributed by atoms with Gasteiger partial charge in [0.05, 0.1) is 19.0 Å². The molecular formula is C12H14ClN3O3S2. The highest BCUT2D eigenvalue weighted by molar-refractivity contribution is 7.91. The summed E-state index contributed by atoms with van der Waals surface area (Å²) in [7, 11) is -3.47. The molecule has 1 fully saturated rings. The Hall–Kier alpha value is -0.930. The predicted octanol–water partition coefficient (Wildman–Crippen LogP) is 1.90. The maximum Gasteiger partial charge on any atom is 0.254 e. The molecule has 0 aliphatic carbocycles. The van der Waals surface area contributed by atoms with Gasteiger partial charge in [0.2, 0.25) is 0 Å². The number of hydrogen-bond acceptors (Lipinski definition) is 6. The van der Waals surface area contributed by atoms with E-state index in [-0.39, 0.29) is 8.68 Å². The molecule has 0 spiro atoms. The molecule has 0 atom stereocenters. The standard InChI is InChI=1S/C12H14ClN3O3S2/c13-12-14-8-11(20-12)21(17,18)16-5-3-15(4-6-16)9-10-2-1-7-19-10/h1-2,7-8H,3-6,9H2. The lowest BCUT2D eigenvalue weighted by molar-refractivity contribution is 0.171. The Balaban J connectivity index is 1.63. The second-order valence-electron chi connectivity index (χ2n) is 4.69. The van der Waals surface area contributed by atoms with Gasteiger partial charge >= 0.3 is 0 Å². The maximum absolute atomic E-state index is 12.4. The number of nitrogens with zero attached hydrogens (tertiary/aromatic N) is 3. The van der Waals surface area contributed by atoms with E-state index in [0.29, 0.717) is 32.7 Å². The average molecular weight is 348 g/mol. The fraction of sp³-hybridized carbons (Fsp3) is 0.417. The van der Waals surface area contributed by atoms with Crippen LogP contribution in [0.15, 0.2) is 33.2 Å². The SMILES string of the molecule is O=S(=O)(c1cnc(Cl)s1)N1CCN(Cc2ccco2)CC1. The zero-order valence-electron chi connectivity index (χ0n) is 11.1. The summed E-state index contributed by atoms with van der Waals surface area (Å²) in [4.78, 5) is 5.97. The van der Waals surface area contributed by atoms with Crippen LogP contribution in [-0.2, 0) is 16.6 Å². The highest BCUT2D eigenvalue weighted by atomic mass is 35.5. The van der Waals surface area contributed by atoms with Crippen LogP contribution in [0.4, 0.5) is 0 Å². The Morgan fingerprint density at radius 3 is 2.67 bits per heavy atom. The Bertz CT molecular complexity index is 691. The summed E-state index contributed by atoms with van der Waals surface area (Å²) in [5, 5.41) is 0. The number of piperazine rings is 1. The van der Waals surface area contributed by atoms with Crippen molar-refractivity contribution in [2.75, 3.05) is 26.2 Å². The summed E-state index contributed by atoms with van der Waals surface area (Å²) in [5.74, 6) is 0.889. The quantitative estimate of drug-likeness (QED) is 0.845. The first-order valence-corrected chi connectivity index (χ1v) is 9.05. The number of hydrogen-bond donors (Lipinski definition) is 0. The molecule has 2 aromatic rings. The lowest BCUT2D eigenvalue weighted by atomic mass is 10.3. The normalized spacial score (nSPS) is 18.1. The van der Waals surface area contributed by atoms with Crippen molar-refractivity contribution in [3.63, 3.8) is 0 Å². The number of furan rings is 1. The Morgan fingerprint density at radius 2 is 2.10 bits per heavy atom. The second-order valence-corrected chi connectivity index (χ2v) is 8.47. The molecule has 1 saturated heterocycles. The number of thiazole rings is 1. The summed E-state index contributed by atoms with van der Waals surface area (Å²) >= 11 is 6.70. The molecule has 3 rings (SSSR count). The topological polar surface area (TPSA) is 66.7 Å². The van der Waals surface area contributed by atoms with Crippen molar-refractivity contribution >= 4 is 33.0 Å². The fourth-order valence-corrected chi connectivity index (χ4v) is 5.11. The molecular weight excluding hydrogens is 334 g/mol. The second kappa shape index (κ2) is 6.05. The zero-order chi connectivity index (χ0) is 14.9. The van der Waals surface area contributed by atoms with E-state index in [1.165, 1.54) is 10.5 Å². The third-order valence-corrected chi connectivity index (χ3v) is 6.79. The molecule has 0 aromatic carbocycles. The van der Waals surface area contributed by atoms with Crippen molar-refractivity contribution in [3.05, 3.63) is 34.8 Å². The molecule has 1 aliphatic rings. The van der Waals surface area contributed by atoms with Crippen molar-refractivity contribution in [2.24, 2.45) is 0 Å². The van der Waals surface area contributed by atoms with Gasteiger partial charge in [-0.3, -0.25) is 4.90 Å². The van der Waals surface area contributed by atoms with Crippen molar-refractivity contribution < 1.29 is 12.8 Å². The van der Waals surface area contributed by atoms with Crippen LogP contribution in [0.25, 0.3) is 0 Å². The van der Waals surface area contributed by atoms with Crippen LogP contribution < -0.4 is 0 Å². The molecule has 1 aliphatic heterocycles. The molecule has 0 N–H and O–H groups in total. The van der Waals surface area contributed by atoms with Crippen molar-refractivity contribution in [3.8, 4) is 0 Å². The van der Waals surface area contributed by atoms with E-state index in [2.05, 4.69) is 9.88 Å². The van der Waals surface area contributed by atoms with Crippen LogP contribution in [0.2, 0.25) is 4.47 Å². The first-order chi connectivity index (χ1) is 10.1. The summed E-state index contributed by atoms with van der Waals surface area (Å²) in [5.41, 5.74) is 0. The largest absolute Gasteiger partial charge is 0.468 e. The van der Waals surface area contributed by atoms with Gasteiger partial charge in [-0.2, -0.15) is 4.31 Å². The minimum atomic E-state index is -3.47. The fourth-order valence-electron chi connectivity index (χ4n) is 2.24. The number of aromatic nitrogens is 1. The van der Waals surface area contributed by atoms with Crippen molar-refractivity contribution in [2.45, 2.75) is 10.8 Å². The first-order valence-electron chi connectivity index (χ1n) is 6.42. The van der Waals surface area contributed by atoms with Crippen LogP contribution in [0, 0.1) is 0 Å². The first kappa shape index (κ1) is 15.0. The van der Waals surface area contributed by atoms with E-state index >= 15 is 0 Å². The Labute approximate surface area is 132 Å². The van der Waals surface area contributed by atoms with Gasteiger partial charge < -0.3 is 4.42 Å². The molecule has 0 radical (unpaired) electrons. The molecule has 6 nitrogen and oxygen atoms in total. The van der Waals surface area contributed by atoms with Gasteiger partial charge in [0.25, 0.3) is 10.0 Å². The molecule has 0 bridgehead atoms. The van der Waals surface area contributed by atoms with E-state index in [0.717, 1.165) is 17.1 Å². The van der Waals surface area contributed by atoms with Crippen LogP contribution in [0.3, 0.4) is 0 Å². The highest BCUT2D eigenvalue weighted by Crippen LogP contribution is 2.26. The lowest BCUT2D eigenvalue weighted by Gasteiger charge is -2.33. The molecule has 2 aromatic heterocycles. The Morgan fingerprint density at radius 1 is 1.33 bits per heavy atom. The molecule has 3 heterocycles. The monoisotopic (exact) mass is 347 g/mol. The minimum absolute atomic E-state index is 0.201. The molecule has 0 saturated carbocycles. The maximum atomic E-state index is 12.4. The zero-order valence-corrected chi connectivity index (χ0v) is 13.5. The summed E-state index contributed by atoms with van der Waals surface area (Å²) < 4.78 is 32.1. The average Bonchev–Trinajstić information content (AvgIpc) is 3.11. The smallest absolute Gasteiger partial charge is 0.254 e. The van der Waals surface area contributed by atoms with Gasteiger partial charge in [-0.05, 0) is 12.1 Å². The van der Waals surface area contributed by atoms with Gasteiger partial charge in [-0.25, -0.2) is 13.4 Å². The molecule has 9 heteroatoms.